The molecule has 1 spiro atoms. The molecule has 3 aromatic rings. The van der Waals surface area contributed by atoms with E-state index in [1.807, 2.05) is 59.1 Å². The molecule has 2 saturated heterocycles. The van der Waals surface area contributed by atoms with Gasteiger partial charge in [0.15, 0.2) is 0 Å². The van der Waals surface area contributed by atoms with E-state index in [2.05, 4.69) is 20.9 Å². The lowest BCUT2D eigenvalue weighted by molar-refractivity contribution is 0.0282. The number of piperidine rings is 2. The van der Waals surface area contributed by atoms with Crippen molar-refractivity contribution in [2.45, 2.75) is 39.2 Å². The zero-order valence-electron chi connectivity index (χ0n) is 17.6. The first-order valence-corrected chi connectivity index (χ1v) is 11.0. The number of nitrogens with zero attached hydrogens (tertiary/aromatic N) is 5. The molecular formula is C24H29N5O. The highest BCUT2D eigenvalue weighted by Gasteiger charge is 2.39. The molecule has 0 saturated carbocycles. The number of pyridine rings is 2. The normalized spacial score (nSPS) is 19.4. The van der Waals surface area contributed by atoms with Crippen LogP contribution in [0.3, 0.4) is 0 Å². The second kappa shape index (κ2) is 7.84. The monoisotopic (exact) mass is 403 g/mol. The van der Waals surface area contributed by atoms with E-state index in [9.17, 15) is 4.79 Å². The standard InChI is InChI=1S/C24H29N5O/c1-19-22(26-21-6-2-3-12-29(19)21)23(30)28-15-9-24(10-16-28)7-13-27(14-8-24)18-20-5-4-11-25-17-20/h2-6,11-12,17H,7-10,13-16,18H2,1H3. The Bertz CT molecular complexity index is 1030. The second-order valence-corrected chi connectivity index (χ2v) is 8.90. The maximum absolute atomic E-state index is 13.2. The highest BCUT2D eigenvalue weighted by molar-refractivity contribution is 5.94. The van der Waals surface area contributed by atoms with Gasteiger partial charge in [-0.25, -0.2) is 4.98 Å². The summed E-state index contributed by atoms with van der Waals surface area (Å²) in [5, 5.41) is 0. The number of rotatable bonds is 3. The maximum atomic E-state index is 13.2. The fourth-order valence-corrected chi connectivity index (χ4v) is 5.09. The summed E-state index contributed by atoms with van der Waals surface area (Å²) in [4.78, 5) is 26.5. The SMILES string of the molecule is Cc1c(C(=O)N2CCC3(CCN(Cc4cccnc4)CC3)CC2)nc2ccccn12. The van der Waals surface area contributed by atoms with Crippen molar-refractivity contribution in [3.63, 3.8) is 0 Å². The summed E-state index contributed by atoms with van der Waals surface area (Å²) in [6, 6.07) is 10.1. The third-order valence-corrected chi connectivity index (χ3v) is 7.13. The number of hydrogen-bond donors (Lipinski definition) is 0. The highest BCUT2D eigenvalue weighted by Crippen LogP contribution is 2.41. The van der Waals surface area contributed by atoms with E-state index in [0.717, 1.165) is 56.9 Å². The Kier molecular flexibility index (Phi) is 5.03. The van der Waals surface area contributed by atoms with Crippen LogP contribution in [-0.2, 0) is 6.54 Å². The molecule has 1 amide bonds. The highest BCUT2D eigenvalue weighted by atomic mass is 16.2. The Morgan fingerprint density at radius 2 is 1.80 bits per heavy atom. The van der Waals surface area contributed by atoms with Gasteiger partial charge in [0.1, 0.15) is 11.3 Å². The van der Waals surface area contributed by atoms with Crippen LogP contribution in [0, 0.1) is 12.3 Å². The average Bonchev–Trinajstić information content (AvgIpc) is 3.13. The first kappa shape index (κ1) is 19.2. The fraction of sp³-hybridized carbons (Fsp3) is 0.458. The van der Waals surface area contributed by atoms with Gasteiger partial charge in [0.05, 0.1) is 5.69 Å². The van der Waals surface area contributed by atoms with Crippen LogP contribution in [0.1, 0.15) is 47.4 Å². The predicted molar refractivity (Wildman–Crippen MR) is 116 cm³/mol. The quantitative estimate of drug-likeness (QED) is 0.671. The summed E-state index contributed by atoms with van der Waals surface area (Å²) in [7, 11) is 0. The minimum Gasteiger partial charge on any atom is -0.337 e. The third kappa shape index (κ3) is 3.60. The zero-order chi connectivity index (χ0) is 20.6. The van der Waals surface area contributed by atoms with E-state index >= 15 is 0 Å². The van der Waals surface area contributed by atoms with Gasteiger partial charge < -0.3 is 9.30 Å². The van der Waals surface area contributed by atoms with Gasteiger partial charge in [-0.05, 0) is 74.9 Å². The van der Waals surface area contributed by atoms with Crippen LogP contribution in [0.25, 0.3) is 5.65 Å². The van der Waals surface area contributed by atoms with Crippen molar-refractivity contribution < 1.29 is 4.79 Å². The zero-order valence-corrected chi connectivity index (χ0v) is 17.6. The third-order valence-electron chi connectivity index (χ3n) is 7.13. The number of amides is 1. The molecule has 6 nitrogen and oxygen atoms in total. The van der Waals surface area contributed by atoms with E-state index in [1.54, 1.807) is 0 Å². The molecule has 5 rings (SSSR count). The molecule has 2 fully saturated rings. The van der Waals surface area contributed by atoms with Gasteiger partial charge in [0.25, 0.3) is 5.91 Å². The molecule has 0 unspecified atom stereocenters. The molecule has 30 heavy (non-hydrogen) atoms. The number of fused-ring (bicyclic) bond motifs is 1. The van der Waals surface area contributed by atoms with E-state index in [0.29, 0.717) is 11.1 Å². The lowest BCUT2D eigenvalue weighted by Gasteiger charge is -2.46. The Hall–Kier alpha value is -2.73. The Morgan fingerprint density at radius 1 is 1.03 bits per heavy atom. The van der Waals surface area contributed by atoms with Crippen molar-refractivity contribution in [2.24, 2.45) is 5.41 Å². The van der Waals surface area contributed by atoms with Crippen LogP contribution in [0.4, 0.5) is 0 Å². The summed E-state index contributed by atoms with van der Waals surface area (Å²) in [6.45, 7) is 6.92. The molecule has 2 aliphatic heterocycles. The minimum atomic E-state index is 0.0834. The van der Waals surface area contributed by atoms with Gasteiger partial charge in [-0.2, -0.15) is 0 Å². The average molecular weight is 404 g/mol. The second-order valence-electron chi connectivity index (χ2n) is 8.90. The van der Waals surface area contributed by atoms with Crippen LogP contribution in [-0.4, -0.2) is 56.3 Å². The van der Waals surface area contributed by atoms with E-state index < -0.39 is 0 Å². The molecule has 0 bridgehead atoms. The number of imidazole rings is 1. The van der Waals surface area contributed by atoms with Gasteiger partial charge in [-0.15, -0.1) is 0 Å². The number of hydrogen-bond acceptors (Lipinski definition) is 4. The molecule has 0 radical (unpaired) electrons. The molecule has 0 aliphatic carbocycles. The maximum Gasteiger partial charge on any atom is 0.274 e. The molecule has 5 heterocycles. The van der Waals surface area contributed by atoms with Crippen molar-refractivity contribution >= 4 is 11.6 Å². The van der Waals surface area contributed by atoms with Crippen molar-refractivity contribution in [1.29, 1.82) is 0 Å². The molecular weight excluding hydrogens is 374 g/mol. The number of aryl methyl sites for hydroxylation is 1. The summed E-state index contributed by atoms with van der Waals surface area (Å²) < 4.78 is 2.00. The minimum absolute atomic E-state index is 0.0834. The molecule has 0 aromatic carbocycles. The van der Waals surface area contributed by atoms with Gasteiger partial charge in [0.2, 0.25) is 0 Å². The number of carbonyl (C=O) groups excluding carboxylic acids is 1. The first-order chi connectivity index (χ1) is 14.6. The van der Waals surface area contributed by atoms with Gasteiger partial charge in [-0.3, -0.25) is 14.7 Å². The van der Waals surface area contributed by atoms with Gasteiger partial charge in [0, 0.05) is 38.2 Å². The fourth-order valence-electron chi connectivity index (χ4n) is 5.09. The lowest BCUT2D eigenvalue weighted by Crippen LogP contribution is -2.48. The molecule has 6 heteroatoms. The molecule has 0 atom stereocenters. The van der Waals surface area contributed by atoms with Crippen LogP contribution in [0.15, 0.2) is 48.9 Å². The molecule has 3 aromatic heterocycles. The van der Waals surface area contributed by atoms with Gasteiger partial charge in [-0.1, -0.05) is 12.1 Å². The molecule has 2 aliphatic rings. The topological polar surface area (TPSA) is 53.7 Å². The lowest BCUT2D eigenvalue weighted by atomic mass is 9.71. The Morgan fingerprint density at radius 3 is 2.50 bits per heavy atom. The summed E-state index contributed by atoms with van der Waals surface area (Å²) in [5.41, 5.74) is 4.06. The van der Waals surface area contributed by atoms with Crippen molar-refractivity contribution in [3.05, 3.63) is 65.9 Å². The first-order valence-electron chi connectivity index (χ1n) is 11.0. The summed E-state index contributed by atoms with van der Waals surface area (Å²) in [5.74, 6) is 0.0834. The largest absolute Gasteiger partial charge is 0.337 e. The van der Waals surface area contributed by atoms with Crippen LogP contribution in [0.2, 0.25) is 0 Å². The van der Waals surface area contributed by atoms with E-state index in [-0.39, 0.29) is 5.91 Å². The van der Waals surface area contributed by atoms with Crippen molar-refractivity contribution in [3.8, 4) is 0 Å². The molecule has 0 N–H and O–H groups in total. The van der Waals surface area contributed by atoms with E-state index in [4.69, 9.17) is 0 Å². The smallest absolute Gasteiger partial charge is 0.274 e. The number of aromatic nitrogens is 3. The van der Waals surface area contributed by atoms with Crippen LogP contribution >= 0.6 is 0 Å². The van der Waals surface area contributed by atoms with Crippen molar-refractivity contribution in [2.75, 3.05) is 26.2 Å². The molecule has 156 valence electrons. The predicted octanol–water partition coefficient (Wildman–Crippen LogP) is 3.56. The Balaban J connectivity index is 1.19. The van der Waals surface area contributed by atoms with Gasteiger partial charge >= 0.3 is 0 Å². The van der Waals surface area contributed by atoms with Crippen molar-refractivity contribution in [1.82, 2.24) is 24.2 Å². The summed E-state index contributed by atoms with van der Waals surface area (Å²) in [6.07, 6.45) is 10.4. The van der Waals surface area contributed by atoms with Crippen LogP contribution < -0.4 is 0 Å². The summed E-state index contributed by atoms with van der Waals surface area (Å²) >= 11 is 0. The number of carbonyl (C=O) groups is 1. The van der Waals surface area contributed by atoms with Crippen LogP contribution in [0.5, 0.6) is 0 Å². The number of likely N-dealkylation sites (tertiary alicyclic amines) is 2. The van der Waals surface area contributed by atoms with E-state index in [1.165, 1.54) is 18.4 Å². The Labute approximate surface area is 177 Å².